The van der Waals surface area contributed by atoms with E-state index in [0.717, 1.165) is 5.56 Å². The van der Waals surface area contributed by atoms with Gasteiger partial charge in [-0.3, -0.25) is 14.9 Å². The summed E-state index contributed by atoms with van der Waals surface area (Å²) in [5.74, 6) is -1.05. The highest BCUT2D eigenvalue weighted by molar-refractivity contribution is 5.73. The topological polar surface area (TPSA) is 89.7 Å². The van der Waals surface area contributed by atoms with Gasteiger partial charge in [-0.05, 0) is 18.1 Å². The summed E-state index contributed by atoms with van der Waals surface area (Å²) in [6.07, 6.45) is -0.327. The van der Waals surface area contributed by atoms with Crippen LogP contribution in [-0.2, 0) is 17.8 Å². The van der Waals surface area contributed by atoms with Crippen LogP contribution in [0.1, 0.15) is 16.7 Å². The highest BCUT2D eigenvalue weighted by Crippen LogP contribution is 2.33. The van der Waals surface area contributed by atoms with Crippen LogP contribution in [0.2, 0.25) is 0 Å². The van der Waals surface area contributed by atoms with E-state index in [-0.39, 0.29) is 24.5 Å². The molecule has 0 atom stereocenters. The van der Waals surface area contributed by atoms with E-state index in [1.165, 1.54) is 6.07 Å². The Balaban J connectivity index is 2.37. The van der Waals surface area contributed by atoms with Crippen molar-refractivity contribution in [1.29, 1.82) is 0 Å². The lowest BCUT2D eigenvalue weighted by atomic mass is 10.1. The minimum Gasteiger partial charge on any atom is -0.482 e. The molecule has 1 N–H and O–H groups in total. The normalized spacial score (nSPS) is 10.2. The van der Waals surface area contributed by atoms with E-state index in [0.29, 0.717) is 11.1 Å². The first-order valence-electron chi connectivity index (χ1n) is 6.64. The Kier molecular flexibility index (Phi) is 4.73. The van der Waals surface area contributed by atoms with Crippen molar-refractivity contribution < 1.29 is 19.6 Å². The van der Waals surface area contributed by atoms with Crippen LogP contribution < -0.4 is 4.74 Å². The molecule has 0 aliphatic heterocycles. The Labute approximate surface area is 127 Å². The number of ether oxygens (including phenoxy) is 1. The molecule has 0 aromatic heterocycles. The van der Waals surface area contributed by atoms with Gasteiger partial charge in [0.2, 0.25) is 5.75 Å². The number of aryl methyl sites for hydroxylation is 1. The lowest BCUT2D eigenvalue weighted by Crippen LogP contribution is -2.07. The Hall–Kier alpha value is -2.89. The molecule has 0 spiro atoms. The van der Waals surface area contributed by atoms with Gasteiger partial charge in [-0.1, -0.05) is 36.4 Å². The van der Waals surface area contributed by atoms with E-state index < -0.39 is 10.9 Å². The Bertz CT molecular complexity index is 697. The Morgan fingerprint density at radius 2 is 1.95 bits per heavy atom. The molecule has 2 aromatic rings. The smallest absolute Gasteiger partial charge is 0.311 e. The van der Waals surface area contributed by atoms with Crippen LogP contribution in [0, 0.1) is 17.0 Å². The van der Waals surface area contributed by atoms with E-state index in [1.54, 1.807) is 13.0 Å². The summed E-state index contributed by atoms with van der Waals surface area (Å²) in [7, 11) is 0. The quantitative estimate of drug-likeness (QED) is 0.654. The molecule has 0 saturated carbocycles. The molecule has 0 aliphatic carbocycles. The van der Waals surface area contributed by atoms with Gasteiger partial charge in [0.25, 0.3) is 0 Å². The number of aliphatic carboxylic acids is 1. The summed E-state index contributed by atoms with van der Waals surface area (Å²) < 4.78 is 5.57. The predicted molar refractivity (Wildman–Crippen MR) is 79.9 cm³/mol. The third-order valence-corrected chi connectivity index (χ3v) is 3.05. The number of carboxylic acid groups (broad SMARTS) is 1. The molecule has 0 heterocycles. The molecule has 6 nitrogen and oxygen atoms in total. The third-order valence-electron chi connectivity index (χ3n) is 3.05. The maximum absolute atomic E-state index is 11.2. The maximum Gasteiger partial charge on any atom is 0.311 e. The monoisotopic (exact) mass is 301 g/mol. The zero-order valence-corrected chi connectivity index (χ0v) is 12.0. The molecular formula is C16H15NO5. The van der Waals surface area contributed by atoms with Gasteiger partial charge < -0.3 is 9.84 Å². The van der Waals surface area contributed by atoms with Crippen molar-refractivity contribution in [2.45, 2.75) is 20.0 Å². The van der Waals surface area contributed by atoms with Gasteiger partial charge in [-0.2, -0.15) is 0 Å². The number of carboxylic acids is 1. The molecule has 0 bridgehead atoms. The first kappa shape index (κ1) is 15.5. The van der Waals surface area contributed by atoms with Crippen LogP contribution >= 0.6 is 0 Å². The minimum absolute atomic E-state index is 0.0156. The molecule has 22 heavy (non-hydrogen) atoms. The number of hydrogen-bond acceptors (Lipinski definition) is 4. The van der Waals surface area contributed by atoms with Crippen LogP contribution in [-0.4, -0.2) is 16.0 Å². The van der Waals surface area contributed by atoms with E-state index >= 15 is 0 Å². The maximum atomic E-state index is 11.2. The molecule has 114 valence electrons. The number of nitro groups is 1. The molecular weight excluding hydrogens is 286 g/mol. The summed E-state index contributed by atoms with van der Waals surface area (Å²) >= 11 is 0. The molecule has 0 unspecified atom stereocenters. The molecule has 0 fully saturated rings. The van der Waals surface area contributed by atoms with Crippen LogP contribution in [0.4, 0.5) is 5.69 Å². The summed E-state index contributed by atoms with van der Waals surface area (Å²) in [5.41, 5.74) is 1.55. The minimum atomic E-state index is -1.07. The molecule has 2 aromatic carbocycles. The van der Waals surface area contributed by atoms with Crippen molar-refractivity contribution in [1.82, 2.24) is 0 Å². The third kappa shape index (κ3) is 3.82. The number of rotatable bonds is 6. The van der Waals surface area contributed by atoms with Crippen molar-refractivity contribution in [2.24, 2.45) is 0 Å². The zero-order chi connectivity index (χ0) is 16.1. The second kappa shape index (κ2) is 6.71. The summed E-state index contributed by atoms with van der Waals surface area (Å²) in [6, 6.07) is 12.2. The Morgan fingerprint density at radius 3 is 2.55 bits per heavy atom. The predicted octanol–water partition coefficient (Wildman–Crippen LogP) is 3.11. The largest absolute Gasteiger partial charge is 0.482 e. The molecule has 6 heteroatoms. The molecule has 0 aliphatic rings. The molecule has 0 radical (unpaired) electrons. The number of hydrogen-bond donors (Lipinski definition) is 1. The van der Waals surface area contributed by atoms with E-state index in [9.17, 15) is 14.9 Å². The number of nitro benzene ring substituents is 1. The number of carbonyl (C=O) groups is 1. The lowest BCUT2D eigenvalue weighted by molar-refractivity contribution is -0.386. The van der Waals surface area contributed by atoms with Crippen molar-refractivity contribution in [2.75, 3.05) is 0 Å². The van der Waals surface area contributed by atoms with Crippen molar-refractivity contribution in [3.05, 3.63) is 69.3 Å². The van der Waals surface area contributed by atoms with Crippen molar-refractivity contribution in [3.63, 3.8) is 0 Å². The molecule has 0 amide bonds. The van der Waals surface area contributed by atoms with Gasteiger partial charge in [-0.25, -0.2) is 0 Å². The molecule has 0 saturated heterocycles. The first-order chi connectivity index (χ1) is 10.5. The summed E-state index contributed by atoms with van der Waals surface area (Å²) in [4.78, 5) is 21.6. The second-order valence-electron chi connectivity index (χ2n) is 4.87. The number of nitrogens with zero attached hydrogens (tertiary/aromatic N) is 1. The van der Waals surface area contributed by atoms with Gasteiger partial charge >= 0.3 is 11.7 Å². The Morgan fingerprint density at radius 1 is 1.27 bits per heavy atom. The zero-order valence-electron chi connectivity index (χ0n) is 12.0. The van der Waals surface area contributed by atoms with E-state index in [2.05, 4.69) is 0 Å². The van der Waals surface area contributed by atoms with E-state index in [4.69, 9.17) is 9.84 Å². The van der Waals surface area contributed by atoms with Crippen molar-refractivity contribution in [3.8, 4) is 5.75 Å². The standard InChI is InChI=1S/C16H15NO5/c1-11-7-13(9-15(18)19)16(14(8-11)17(20)21)22-10-12-5-3-2-4-6-12/h2-8H,9-10H2,1H3,(H,18,19). The summed E-state index contributed by atoms with van der Waals surface area (Å²) in [5, 5.41) is 20.2. The average Bonchev–Trinajstić information content (AvgIpc) is 2.46. The highest BCUT2D eigenvalue weighted by Gasteiger charge is 2.22. The average molecular weight is 301 g/mol. The van der Waals surface area contributed by atoms with Gasteiger partial charge in [0, 0.05) is 11.6 Å². The fraction of sp³-hybridized carbons (Fsp3) is 0.188. The van der Waals surface area contributed by atoms with Crippen LogP contribution in [0.15, 0.2) is 42.5 Å². The lowest BCUT2D eigenvalue weighted by Gasteiger charge is -2.12. The van der Waals surface area contributed by atoms with Gasteiger partial charge in [0.1, 0.15) is 6.61 Å². The van der Waals surface area contributed by atoms with Crippen molar-refractivity contribution >= 4 is 11.7 Å². The fourth-order valence-corrected chi connectivity index (χ4v) is 2.15. The van der Waals surface area contributed by atoms with Gasteiger partial charge in [0.05, 0.1) is 11.3 Å². The van der Waals surface area contributed by atoms with Crippen LogP contribution in [0.25, 0.3) is 0 Å². The van der Waals surface area contributed by atoms with Crippen LogP contribution in [0.3, 0.4) is 0 Å². The first-order valence-corrected chi connectivity index (χ1v) is 6.64. The van der Waals surface area contributed by atoms with E-state index in [1.807, 2.05) is 30.3 Å². The van der Waals surface area contributed by atoms with Gasteiger partial charge in [-0.15, -0.1) is 0 Å². The molecule has 2 rings (SSSR count). The highest BCUT2D eigenvalue weighted by atomic mass is 16.6. The fourth-order valence-electron chi connectivity index (χ4n) is 2.15. The van der Waals surface area contributed by atoms with Crippen LogP contribution in [0.5, 0.6) is 5.75 Å². The SMILES string of the molecule is Cc1cc(CC(=O)O)c(OCc2ccccc2)c([N+](=O)[O-])c1. The van der Waals surface area contributed by atoms with Gasteiger partial charge in [0.15, 0.2) is 0 Å². The second-order valence-corrected chi connectivity index (χ2v) is 4.87. The number of benzene rings is 2. The summed E-state index contributed by atoms with van der Waals surface area (Å²) in [6.45, 7) is 1.82.